The fourth-order valence-corrected chi connectivity index (χ4v) is 4.96. The van der Waals surface area contributed by atoms with Crippen molar-refractivity contribution < 1.29 is 26.4 Å². The van der Waals surface area contributed by atoms with Crippen molar-refractivity contribution in [2.75, 3.05) is 18.8 Å². The van der Waals surface area contributed by atoms with Crippen LogP contribution in [-0.2, 0) is 14.8 Å². The monoisotopic (exact) mass is 328 g/mol. The molecule has 1 heterocycles. The van der Waals surface area contributed by atoms with Crippen molar-refractivity contribution in [3.05, 3.63) is 0 Å². The molecule has 2 fully saturated rings. The van der Waals surface area contributed by atoms with Crippen LogP contribution in [0.1, 0.15) is 32.1 Å². The fourth-order valence-electron chi connectivity index (χ4n) is 3.16. The van der Waals surface area contributed by atoms with Crippen molar-refractivity contribution in [3.63, 3.8) is 0 Å². The molecule has 1 amide bonds. The molecule has 21 heavy (non-hydrogen) atoms. The first-order valence-corrected chi connectivity index (χ1v) is 8.54. The SMILES string of the molecule is O=CNCCCS(=O)(=O)N1CC2(CCC2)CC1C(F)(F)F. The lowest BCUT2D eigenvalue weighted by Crippen LogP contribution is -2.45. The number of sulfonamides is 1. The molecule has 1 N–H and O–H groups in total. The summed E-state index contributed by atoms with van der Waals surface area (Å²) in [5, 5.41) is 2.31. The molecule has 0 aromatic heterocycles. The molecule has 9 heteroatoms. The van der Waals surface area contributed by atoms with Crippen LogP contribution in [0.2, 0.25) is 0 Å². The van der Waals surface area contributed by atoms with Crippen molar-refractivity contribution in [2.24, 2.45) is 5.41 Å². The molecule has 1 aliphatic heterocycles. The highest BCUT2D eigenvalue weighted by Gasteiger charge is 2.59. The quantitative estimate of drug-likeness (QED) is 0.590. The third-order valence-corrected chi connectivity index (χ3v) is 6.32. The molecule has 1 atom stereocenters. The first-order valence-electron chi connectivity index (χ1n) is 6.94. The normalized spacial score (nSPS) is 25.8. The van der Waals surface area contributed by atoms with Crippen molar-refractivity contribution in [1.82, 2.24) is 9.62 Å². The third-order valence-electron chi connectivity index (χ3n) is 4.42. The van der Waals surface area contributed by atoms with Crippen molar-refractivity contribution in [2.45, 2.75) is 44.3 Å². The van der Waals surface area contributed by atoms with Crippen LogP contribution in [-0.4, -0.2) is 50.2 Å². The van der Waals surface area contributed by atoms with E-state index in [0.717, 1.165) is 6.42 Å². The zero-order valence-electron chi connectivity index (χ0n) is 11.5. The van der Waals surface area contributed by atoms with Crippen LogP contribution in [0.25, 0.3) is 0 Å². The highest BCUT2D eigenvalue weighted by molar-refractivity contribution is 7.89. The molecule has 0 bridgehead atoms. The Balaban J connectivity index is 2.09. The highest BCUT2D eigenvalue weighted by atomic mass is 32.2. The second-order valence-corrected chi connectivity index (χ2v) is 7.94. The number of carbonyl (C=O) groups excluding carboxylic acids is 1. The lowest BCUT2D eigenvalue weighted by Gasteiger charge is -2.37. The van der Waals surface area contributed by atoms with Gasteiger partial charge in [-0.1, -0.05) is 6.42 Å². The smallest absolute Gasteiger partial charge is 0.359 e. The van der Waals surface area contributed by atoms with Crippen molar-refractivity contribution in [1.29, 1.82) is 0 Å². The molecule has 0 radical (unpaired) electrons. The standard InChI is InChI=1S/C12H19F3N2O3S/c13-12(14,15)10-7-11(3-1-4-11)8-17(10)21(19,20)6-2-5-16-9-18/h9-10H,1-8H2,(H,16,18). The van der Waals surface area contributed by atoms with E-state index in [1.165, 1.54) is 0 Å². The molecule has 1 aliphatic carbocycles. The summed E-state index contributed by atoms with van der Waals surface area (Å²) < 4.78 is 64.4. The number of halogens is 3. The maximum absolute atomic E-state index is 13.1. The summed E-state index contributed by atoms with van der Waals surface area (Å²) >= 11 is 0. The lowest BCUT2D eigenvalue weighted by atomic mass is 9.67. The Hall–Kier alpha value is -0.830. The van der Waals surface area contributed by atoms with Gasteiger partial charge in [0.15, 0.2) is 0 Å². The van der Waals surface area contributed by atoms with Crippen molar-refractivity contribution >= 4 is 16.4 Å². The summed E-state index contributed by atoms with van der Waals surface area (Å²) in [5.74, 6) is -0.378. The van der Waals surface area contributed by atoms with Gasteiger partial charge in [0.1, 0.15) is 6.04 Å². The predicted molar refractivity (Wildman–Crippen MR) is 69.9 cm³/mol. The molecule has 1 saturated carbocycles. The number of carbonyl (C=O) groups is 1. The van der Waals surface area contributed by atoms with Gasteiger partial charge >= 0.3 is 6.18 Å². The molecule has 2 rings (SSSR count). The zero-order valence-corrected chi connectivity index (χ0v) is 12.3. The van der Waals surface area contributed by atoms with E-state index >= 15 is 0 Å². The Morgan fingerprint density at radius 2 is 2.00 bits per heavy atom. The van der Waals surface area contributed by atoms with E-state index in [4.69, 9.17) is 0 Å². The Bertz CT molecular complexity index is 488. The third kappa shape index (κ3) is 3.50. The maximum atomic E-state index is 13.1. The average molecular weight is 328 g/mol. The summed E-state index contributed by atoms with van der Waals surface area (Å²) in [6.45, 7) is 0.110. The number of nitrogens with one attached hydrogen (secondary N) is 1. The van der Waals surface area contributed by atoms with Gasteiger partial charge in [0.05, 0.1) is 5.75 Å². The second kappa shape index (κ2) is 5.75. The molecule has 1 spiro atoms. The summed E-state index contributed by atoms with van der Waals surface area (Å²) in [6.07, 6.45) is -1.92. The number of alkyl halides is 3. The summed E-state index contributed by atoms with van der Waals surface area (Å²) in [5.41, 5.74) is -0.478. The van der Waals surface area contributed by atoms with E-state index < -0.39 is 27.7 Å². The minimum atomic E-state index is -4.53. The van der Waals surface area contributed by atoms with E-state index in [1.54, 1.807) is 0 Å². The van der Waals surface area contributed by atoms with Gasteiger partial charge in [-0.3, -0.25) is 4.79 Å². The topological polar surface area (TPSA) is 66.5 Å². The van der Waals surface area contributed by atoms with Gasteiger partial charge in [-0.15, -0.1) is 0 Å². The lowest BCUT2D eigenvalue weighted by molar-refractivity contribution is -0.166. The minimum absolute atomic E-state index is 0.0272. The highest BCUT2D eigenvalue weighted by Crippen LogP contribution is 2.53. The maximum Gasteiger partial charge on any atom is 0.405 e. The van der Waals surface area contributed by atoms with E-state index in [9.17, 15) is 26.4 Å². The molecule has 0 aromatic carbocycles. The Kier molecular flexibility index (Phi) is 4.53. The van der Waals surface area contributed by atoms with E-state index in [1.807, 2.05) is 0 Å². The zero-order chi connectivity index (χ0) is 15.7. The van der Waals surface area contributed by atoms with E-state index in [-0.39, 0.29) is 31.7 Å². The first-order chi connectivity index (χ1) is 9.70. The molecular formula is C12H19F3N2O3S. The minimum Gasteiger partial charge on any atom is -0.359 e. The Morgan fingerprint density at radius 3 is 2.48 bits per heavy atom. The molecule has 5 nitrogen and oxygen atoms in total. The number of amides is 1. The molecule has 122 valence electrons. The van der Waals surface area contributed by atoms with Crippen LogP contribution in [0, 0.1) is 5.41 Å². The van der Waals surface area contributed by atoms with Gasteiger partial charge in [0.25, 0.3) is 0 Å². The van der Waals surface area contributed by atoms with Gasteiger partial charge in [-0.25, -0.2) is 8.42 Å². The van der Waals surface area contributed by atoms with Gasteiger partial charge < -0.3 is 5.32 Å². The van der Waals surface area contributed by atoms with Gasteiger partial charge in [-0.05, 0) is 31.1 Å². The van der Waals surface area contributed by atoms with Crippen LogP contribution < -0.4 is 5.32 Å². The Labute approximate surface area is 121 Å². The average Bonchev–Trinajstić information content (AvgIpc) is 2.76. The molecular weight excluding hydrogens is 309 g/mol. The van der Waals surface area contributed by atoms with Gasteiger partial charge in [0, 0.05) is 13.1 Å². The van der Waals surface area contributed by atoms with Crippen LogP contribution in [0.4, 0.5) is 13.2 Å². The van der Waals surface area contributed by atoms with Crippen molar-refractivity contribution in [3.8, 4) is 0 Å². The molecule has 1 saturated heterocycles. The predicted octanol–water partition coefficient (Wildman–Crippen LogP) is 1.26. The van der Waals surface area contributed by atoms with Crippen LogP contribution >= 0.6 is 0 Å². The van der Waals surface area contributed by atoms with Crippen LogP contribution in [0.3, 0.4) is 0 Å². The molecule has 2 aliphatic rings. The summed E-state index contributed by atoms with van der Waals surface area (Å²) in [4.78, 5) is 10.1. The fraction of sp³-hybridized carbons (Fsp3) is 0.917. The van der Waals surface area contributed by atoms with Gasteiger partial charge in [0.2, 0.25) is 16.4 Å². The van der Waals surface area contributed by atoms with Crippen LogP contribution in [0.5, 0.6) is 0 Å². The number of rotatable bonds is 6. The summed E-state index contributed by atoms with van der Waals surface area (Å²) in [7, 11) is -3.96. The number of nitrogens with zero attached hydrogens (tertiary/aromatic N) is 1. The number of hydrogen-bond acceptors (Lipinski definition) is 3. The van der Waals surface area contributed by atoms with E-state index in [0.29, 0.717) is 23.6 Å². The van der Waals surface area contributed by atoms with Crippen LogP contribution in [0.15, 0.2) is 0 Å². The first kappa shape index (κ1) is 16.5. The second-order valence-electron chi connectivity index (χ2n) is 5.90. The van der Waals surface area contributed by atoms with Gasteiger partial charge in [-0.2, -0.15) is 17.5 Å². The van der Waals surface area contributed by atoms with E-state index in [2.05, 4.69) is 5.32 Å². The largest absolute Gasteiger partial charge is 0.405 e. The Morgan fingerprint density at radius 1 is 1.33 bits per heavy atom. The molecule has 1 unspecified atom stereocenters. The molecule has 0 aromatic rings. The number of hydrogen-bond donors (Lipinski definition) is 1. The summed E-state index contributed by atoms with van der Waals surface area (Å²) in [6, 6.07) is -1.90.